The van der Waals surface area contributed by atoms with Gasteiger partial charge in [0, 0.05) is 41.3 Å². The van der Waals surface area contributed by atoms with Crippen LogP contribution in [0.25, 0.3) is 11.0 Å². The Morgan fingerprint density at radius 3 is 2.70 bits per heavy atom. The number of nitrogens with zero attached hydrogens (tertiary/aromatic N) is 3. The van der Waals surface area contributed by atoms with Crippen molar-refractivity contribution in [3.63, 3.8) is 0 Å². The minimum Gasteiger partial charge on any atom is -0.488 e. The van der Waals surface area contributed by atoms with Gasteiger partial charge < -0.3 is 15.8 Å². The predicted octanol–water partition coefficient (Wildman–Crippen LogP) is 3.10. The SMILES string of the molecule is Cc1cnc(C(=O)NC2CCC(Oc3cc(N)cc4nccnc34)CC2)s1. The predicted molar refractivity (Wildman–Crippen MR) is 105 cm³/mol. The fourth-order valence-electron chi connectivity index (χ4n) is 3.36. The van der Waals surface area contributed by atoms with Crippen LogP contribution >= 0.6 is 11.3 Å². The molecule has 0 saturated heterocycles. The van der Waals surface area contributed by atoms with Gasteiger partial charge in [-0.15, -0.1) is 11.3 Å². The van der Waals surface area contributed by atoms with Crippen molar-refractivity contribution < 1.29 is 9.53 Å². The van der Waals surface area contributed by atoms with Crippen molar-refractivity contribution in [2.24, 2.45) is 0 Å². The van der Waals surface area contributed by atoms with E-state index in [4.69, 9.17) is 10.5 Å². The Morgan fingerprint density at radius 2 is 1.96 bits per heavy atom. The van der Waals surface area contributed by atoms with E-state index in [1.807, 2.05) is 6.92 Å². The number of ether oxygens (including phenoxy) is 1. The van der Waals surface area contributed by atoms with Gasteiger partial charge in [-0.1, -0.05) is 0 Å². The third-order valence-corrected chi connectivity index (χ3v) is 5.59. The molecule has 1 saturated carbocycles. The Labute approximate surface area is 161 Å². The quantitative estimate of drug-likeness (QED) is 0.671. The number of carbonyl (C=O) groups excluding carboxylic acids is 1. The number of hydrogen-bond acceptors (Lipinski definition) is 7. The fraction of sp³-hybridized carbons (Fsp3) is 0.368. The summed E-state index contributed by atoms with van der Waals surface area (Å²) in [5.74, 6) is 0.582. The highest BCUT2D eigenvalue weighted by atomic mass is 32.1. The Morgan fingerprint density at radius 1 is 1.19 bits per heavy atom. The van der Waals surface area contributed by atoms with E-state index in [0.717, 1.165) is 41.6 Å². The van der Waals surface area contributed by atoms with Crippen molar-refractivity contribution in [2.75, 3.05) is 5.73 Å². The van der Waals surface area contributed by atoms with Crippen molar-refractivity contribution in [1.82, 2.24) is 20.3 Å². The molecule has 0 spiro atoms. The molecule has 27 heavy (non-hydrogen) atoms. The van der Waals surface area contributed by atoms with Crippen LogP contribution in [-0.2, 0) is 0 Å². The van der Waals surface area contributed by atoms with E-state index in [1.165, 1.54) is 11.3 Å². The van der Waals surface area contributed by atoms with E-state index in [9.17, 15) is 4.79 Å². The first-order valence-corrected chi connectivity index (χ1v) is 9.80. The number of nitrogens with one attached hydrogen (secondary N) is 1. The Hall–Kier alpha value is -2.74. The first-order chi connectivity index (χ1) is 13.1. The highest BCUT2D eigenvalue weighted by Crippen LogP contribution is 2.30. The molecule has 1 fully saturated rings. The summed E-state index contributed by atoms with van der Waals surface area (Å²) in [7, 11) is 0. The number of thiazole rings is 1. The highest BCUT2D eigenvalue weighted by molar-refractivity contribution is 7.13. The number of rotatable bonds is 4. The molecule has 1 aromatic carbocycles. The van der Waals surface area contributed by atoms with Crippen LogP contribution < -0.4 is 15.8 Å². The average molecular weight is 383 g/mol. The molecule has 140 valence electrons. The van der Waals surface area contributed by atoms with Crippen LogP contribution in [0.4, 0.5) is 5.69 Å². The minimum absolute atomic E-state index is 0.0762. The van der Waals surface area contributed by atoms with Gasteiger partial charge >= 0.3 is 0 Å². The van der Waals surface area contributed by atoms with E-state index in [0.29, 0.717) is 16.4 Å². The molecule has 3 aromatic rings. The third kappa shape index (κ3) is 4.00. The van der Waals surface area contributed by atoms with Gasteiger partial charge in [-0.25, -0.2) is 9.97 Å². The lowest BCUT2D eigenvalue weighted by Gasteiger charge is -2.29. The van der Waals surface area contributed by atoms with Gasteiger partial charge in [0.25, 0.3) is 5.91 Å². The minimum atomic E-state index is -0.0884. The molecule has 3 N–H and O–H groups in total. The zero-order valence-corrected chi connectivity index (χ0v) is 15.8. The summed E-state index contributed by atoms with van der Waals surface area (Å²) in [5, 5.41) is 3.61. The van der Waals surface area contributed by atoms with Gasteiger partial charge in [0.2, 0.25) is 0 Å². The summed E-state index contributed by atoms with van der Waals surface area (Å²) in [6.07, 6.45) is 8.55. The van der Waals surface area contributed by atoms with Gasteiger partial charge in [0.05, 0.1) is 11.6 Å². The van der Waals surface area contributed by atoms with Gasteiger partial charge in [0.15, 0.2) is 5.01 Å². The van der Waals surface area contributed by atoms with Crippen LogP contribution in [0.3, 0.4) is 0 Å². The number of nitrogen functional groups attached to an aromatic ring is 1. The summed E-state index contributed by atoms with van der Waals surface area (Å²) in [5.41, 5.74) is 8.02. The number of nitrogens with two attached hydrogens (primary N) is 1. The number of fused-ring (bicyclic) bond motifs is 1. The molecule has 1 aliphatic carbocycles. The summed E-state index contributed by atoms with van der Waals surface area (Å²) in [6.45, 7) is 1.95. The molecule has 0 radical (unpaired) electrons. The van der Waals surface area contributed by atoms with Crippen molar-refractivity contribution >= 4 is 34.0 Å². The zero-order valence-electron chi connectivity index (χ0n) is 15.0. The summed E-state index contributed by atoms with van der Waals surface area (Å²) in [4.78, 5) is 26.1. The van der Waals surface area contributed by atoms with E-state index in [-0.39, 0.29) is 18.1 Å². The van der Waals surface area contributed by atoms with Crippen LogP contribution in [0.1, 0.15) is 40.4 Å². The van der Waals surface area contributed by atoms with Gasteiger partial charge in [-0.3, -0.25) is 9.78 Å². The van der Waals surface area contributed by atoms with Gasteiger partial charge in [0.1, 0.15) is 11.3 Å². The number of anilines is 1. The first-order valence-electron chi connectivity index (χ1n) is 8.98. The van der Waals surface area contributed by atoms with Crippen molar-refractivity contribution in [1.29, 1.82) is 0 Å². The highest BCUT2D eigenvalue weighted by Gasteiger charge is 2.25. The Bertz CT molecular complexity index is 966. The third-order valence-electron chi connectivity index (χ3n) is 4.68. The van der Waals surface area contributed by atoms with Crippen molar-refractivity contribution in [3.05, 3.63) is 40.6 Å². The number of aryl methyl sites for hydroxylation is 1. The van der Waals surface area contributed by atoms with Crippen molar-refractivity contribution in [3.8, 4) is 5.75 Å². The maximum atomic E-state index is 12.3. The molecule has 4 rings (SSSR count). The molecular weight excluding hydrogens is 362 g/mol. The maximum absolute atomic E-state index is 12.3. The number of amides is 1. The van der Waals surface area contributed by atoms with E-state index >= 15 is 0 Å². The topological polar surface area (TPSA) is 103 Å². The van der Waals surface area contributed by atoms with Crippen LogP contribution in [0.15, 0.2) is 30.7 Å². The molecule has 0 unspecified atom stereocenters. The molecule has 1 aliphatic rings. The number of carbonyl (C=O) groups is 1. The lowest BCUT2D eigenvalue weighted by molar-refractivity contribution is 0.0894. The number of benzene rings is 1. The van der Waals surface area contributed by atoms with Gasteiger partial charge in [-0.2, -0.15) is 0 Å². The standard InChI is InChI=1S/C19H21N5O2S/c1-11-10-23-19(27-11)18(25)24-13-2-4-14(5-3-13)26-16-9-12(20)8-15-17(16)22-7-6-21-15/h6-10,13-14H,2-5,20H2,1H3,(H,24,25). The second-order valence-electron chi connectivity index (χ2n) is 6.78. The van der Waals surface area contributed by atoms with Gasteiger partial charge in [-0.05, 0) is 38.7 Å². The molecule has 8 heteroatoms. The zero-order chi connectivity index (χ0) is 18.8. The summed E-state index contributed by atoms with van der Waals surface area (Å²) >= 11 is 1.42. The summed E-state index contributed by atoms with van der Waals surface area (Å²) < 4.78 is 6.19. The maximum Gasteiger partial charge on any atom is 0.280 e. The molecular formula is C19H21N5O2S. The largest absolute Gasteiger partial charge is 0.488 e. The lowest BCUT2D eigenvalue weighted by Crippen LogP contribution is -2.39. The molecule has 2 heterocycles. The van der Waals surface area contributed by atoms with E-state index in [1.54, 1.807) is 30.7 Å². The first kappa shape index (κ1) is 17.7. The lowest BCUT2D eigenvalue weighted by atomic mass is 9.93. The van der Waals surface area contributed by atoms with Crippen molar-refractivity contribution in [2.45, 2.75) is 44.8 Å². The monoisotopic (exact) mass is 383 g/mol. The number of aromatic nitrogens is 3. The molecule has 0 atom stereocenters. The molecule has 7 nitrogen and oxygen atoms in total. The Balaban J connectivity index is 1.37. The van der Waals surface area contributed by atoms with Crippen LogP contribution in [0, 0.1) is 6.92 Å². The number of hydrogen-bond donors (Lipinski definition) is 2. The van der Waals surface area contributed by atoms with E-state index in [2.05, 4.69) is 20.3 Å². The van der Waals surface area contributed by atoms with Crippen LogP contribution in [0.5, 0.6) is 5.75 Å². The summed E-state index contributed by atoms with van der Waals surface area (Å²) in [6, 6.07) is 3.75. The normalized spacial score (nSPS) is 19.7. The second kappa shape index (κ2) is 7.48. The fourth-order valence-corrected chi connectivity index (χ4v) is 4.03. The second-order valence-corrected chi connectivity index (χ2v) is 8.02. The van der Waals surface area contributed by atoms with E-state index < -0.39 is 0 Å². The molecule has 1 amide bonds. The van der Waals surface area contributed by atoms with Crippen LogP contribution in [-0.4, -0.2) is 33.0 Å². The Kier molecular flexibility index (Phi) is 4.89. The molecule has 0 aliphatic heterocycles. The molecule has 2 aromatic heterocycles. The van der Waals surface area contributed by atoms with Crippen LogP contribution in [0.2, 0.25) is 0 Å². The molecule has 0 bridgehead atoms. The smallest absolute Gasteiger partial charge is 0.280 e. The average Bonchev–Trinajstić information content (AvgIpc) is 3.10.